The lowest BCUT2D eigenvalue weighted by atomic mass is 9.85. The zero-order valence-corrected chi connectivity index (χ0v) is 20.8. The molecule has 0 saturated heterocycles. The maximum atomic E-state index is 12.7. The fourth-order valence-corrected chi connectivity index (χ4v) is 2.64. The molecule has 1 N–H and O–H groups in total. The fraction of sp³-hybridized carbons (Fsp3) is 0.875. The molecule has 0 saturated carbocycles. The molecule has 1 unspecified atom stereocenters. The summed E-state index contributed by atoms with van der Waals surface area (Å²) in [6.45, 7) is 19.1. The van der Waals surface area contributed by atoms with Crippen LogP contribution >= 0.6 is 0 Å². The molecule has 176 valence electrons. The minimum Gasteiger partial charge on any atom is -0.379 e. The molecule has 0 radical (unpaired) electrons. The van der Waals surface area contributed by atoms with Crippen LogP contribution in [0.4, 0.5) is 0 Å². The van der Waals surface area contributed by atoms with Gasteiger partial charge < -0.3 is 14.8 Å². The molecule has 0 rings (SSSR count). The molecule has 30 heavy (non-hydrogen) atoms. The average Bonchev–Trinajstić information content (AvgIpc) is 2.56. The second kappa shape index (κ2) is 12.7. The number of rotatable bonds is 14. The third-order valence-electron chi connectivity index (χ3n) is 4.62. The summed E-state index contributed by atoms with van der Waals surface area (Å²) in [5, 5.41) is 3.30. The Morgan fingerprint density at radius 3 is 1.67 bits per heavy atom. The summed E-state index contributed by atoms with van der Waals surface area (Å²) in [6, 6.07) is -0.472. The first kappa shape index (κ1) is 28.9. The van der Waals surface area contributed by atoms with E-state index in [0.29, 0.717) is 45.7 Å². The Hall–Kier alpha value is -1.11. The minimum atomic E-state index is -0.472. The molecule has 0 amide bonds. The highest BCUT2D eigenvalue weighted by atomic mass is 16.5. The van der Waals surface area contributed by atoms with E-state index >= 15 is 0 Å². The predicted molar refractivity (Wildman–Crippen MR) is 121 cm³/mol. The average molecular weight is 428 g/mol. The van der Waals surface area contributed by atoms with Crippen LogP contribution in [0.1, 0.15) is 88.0 Å². The van der Waals surface area contributed by atoms with Crippen LogP contribution in [0.15, 0.2) is 0 Å². The van der Waals surface area contributed by atoms with Crippen molar-refractivity contribution in [1.82, 2.24) is 5.32 Å². The van der Waals surface area contributed by atoms with Crippen LogP contribution in [0.3, 0.4) is 0 Å². The molecule has 0 heterocycles. The molecule has 0 aromatic heterocycles. The molecule has 0 aliphatic rings. The Morgan fingerprint density at radius 2 is 1.20 bits per heavy atom. The number of ketones is 3. The maximum absolute atomic E-state index is 12.7. The van der Waals surface area contributed by atoms with Crippen molar-refractivity contribution in [3.8, 4) is 0 Å². The number of hydrogen-bond acceptors (Lipinski definition) is 6. The van der Waals surface area contributed by atoms with Crippen molar-refractivity contribution >= 4 is 17.3 Å². The highest BCUT2D eigenvalue weighted by Crippen LogP contribution is 2.20. The zero-order valence-electron chi connectivity index (χ0n) is 20.8. The lowest BCUT2D eigenvalue weighted by Gasteiger charge is -2.29. The Labute approximate surface area is 183 Å². The second-order valence-corrected chi connectivity index (χ2v) is 11.0. The van der Waals surface area contributed by atoms with Crippen molar-refractivity contribution in [3.63, 3.8) is 0 Å². The summed E-state index contributed by atoms with van der Waals surface area (Å²) in [5.41, 5.74) is -1.04. The van der Waals surface area contributed by atoms with Crippen LogP contribution in [-0.4, -0.2) is 55.4 Å². The molecule has 0 aliphatic carbocycles. The number of carbonyl (C=O) groups is 3. The molecule has 0 bridgehead atoms. The Morgan fingerprint density at radius 1 is 0.700 bits per heavy atom. The summed E-state index contributed by atoms with van der Waals surface area (Å²) in [5.74, 6) is 0.310. The molecule has 1 atom stereocenters. The summed E-state index contributed by atoms with van der Waals surface area (Å²) in [6.07, 6.45) is 1.59. The van der Waals surface area contributed by atoms with Gasteiger partial charge in [0.05, 0.1) is 25.9 Å². The smallest absolute Gasteiger partial charge is 0.150 e. The SMILES string of the molecule is CC(C)(C)NC(CC(=O)C(C)(C)C)C(=O)CCCOCCOCCC(=O)C(C)(C)C. The van der Waals surface area contributed by atoms with Crippen LogP contribution in [0.2, 0.25) is 0 Å². The van der Waals surface area contributed by atoms with Crippen molar-refractivity contribution in [2.45, 2.75) is 99.6 Å². The molecular formula is C24H45NO5. The van der Waals surface area contributed by atoms with Crippen LogP contribution in [0.5, 0.6) is 0 Å². The zero-order chi connectivity index (χ0) is 23.6. The lowest BCUT2D eigenvalue weighted by molar-refractivity contribution is -0.131. The van der Waals surface area contributed by atoms with Gasteiger partial charge in [0, 0.05) is 42.2 Å². The van der Waals surface area contributed by atoms with Crippen molar-refractivity contribution in [1.29, 1.82) is 0 Å². The van der Waals surface area contributed by atoms with Gasteiger partial charge in [-0.3, -0.25) is 14.4 Å². The molecule has 6 nitrogen and oxygen atoms in total. The van der Waals surface area contributed by atoms with Crippen LogP contribution in [0, 0.1) is 10.8 Å². The highest BCUT2D eigenvalue weighted by Gasteiger charge is 2.30. The molecule has 0 spiro atoms. The normalized spacial score (nSPS) is 13.9. The summed E-state index contributed by atoms with van der Waals surface area (Å²) in [4.78, 5) is 36.9. The van der Waals surface area contributed by atoms with Gasteiger partial charge in [-0.05, 0) is 27.2 Å². The largest absolute Gasteiger partial charge is 0.379 e. The lowest BCUT2D eigenvalue weighted by Crippen LogP contribution is -2.49. The molecule has 0 aromatic rings. The predicted octanol–water partition coefficient (Wildman–Crippen LogP) is 4.14. The number of ether oxygens (including phenoxy) is 2. The Balaban J connectivity index is 4.17. The van der Waals surface area contributed by atoms with Crippen LogP contribution < -0.4 is 5.32 Å². The van der Waals surface area contributed by atoms with Gasteiger partial charge in [0.2, 0.25) is 0 Å². The highest BCUT2D eigenvalue weighted by molar-refractivity contribution is 5.92. The quantitative estimate of drug-likeness (QED) is 0.420. The van der Waals surface area contributed by atoms with Gasteiger partial charge in [-0.1, -0.05) is 41.5 Å². The van der Waals surface area contributed by atoms with Crippen molar-refractivity contribution in [2.24, 2.45) is 10.8 Å². The van der Waals surface area contributed by atoms with E-state index in [0.717, 1.165) is 0 Å². The molecular weight excluding hydrogens is 382 g/mol. The fourth-order valence-electron chi connectivity index (χ4n) is 2.64. The van der Waals surface area contributed by atoms with E-state index in [1.165, 1.54) is 0 Å². The monoisotopic (exact) mass is 427 g/mol. The van der Waals surface area contributed by atoms with E-state index < -0.39 is 11.5 Å². The van der Waals surface area contributed by atoms with Crippen molar-refractivity contribution < 1.29 is 23.9 Å². The van der Waals surface area contributed by atoms with Crippen LogP contribution in [-0.2, 0) is 23.9 Å². The number of carbonyl (C=O) groups excluding carboxylic acids is 3. The minimum absolute atomic E-state index is 0.0445. The van der Waals surface area contributed by atoms with Gasteiger partial charge in [-0.2, -0.15) is 0 Å². The van der Waals surface area contributed by atoms with E-state index in [1.54, 1.807) is 0 Å². The Bertz CT molecular complexity index is 549. The number of hydrogen-bond donors (Lipinski definition) is 1. The summed E-state index contributed by atoms with van der Waals surface area (Å²) in [7, 11) is 0. The summed E-state index contributed by atoms with van der Waals surface area (Å²) < 4.78 is 11.0. The molecule has 0 aromatic carbocycles. The van der Waals surface area contributed by atoms with E-state index in [4.69, 9.17) is 9.47 Å². The summed E-state index contributed by atoms with van der Waals surface area (Å²) >= 11 is 0. The van der Waals surface area contributed by atoms with Gasteiger partial charge in [0.15, 0.2) is 0 Å². The standard InChI is InChI=1S/C24H45NO5/c1-22(2,3)20(27)12-14-30-16-15-29-13-10-11-19(26)18(25-24(7,8)9)17-21(28)23(4,5)6/h18,25H,10-17H2,1-9H3. The van der Waals surface area contributed by atoms with Gasteiger partial charge >= 0.3 is 0 Å². The molecule has 0 aliphatic heterocycles. The second-order valence-electron chi connectivity index (χ2n) is 11.0. The van der Waals surface area contributed by atoms with Crippen molar-refractivity contribution in [3.05, 3.63) is 0 Å². The van der Waals surface area contributed by atoms with E-state index in [2.05, 4.69) is 5.32 Å². The van der Waals surface area contributed by atoms with Crippen molar-refractivity contribution in [2.75, 3.05) is 26.4 Å². The van der Waals surface area contributed by atoms with Gasteiger partial charge in [0.25, 0.3) is 0 Å². The molecule has 0 fully saturated rings. The van der Waals surface area contributed by atoms with E-state index in [1.807, 2.05) is 62.3 Å². The third kappa shape index (κ3) is 14.0. The maximum Gasteiger partial charge on any atom is 0.150 e. The first-order valence-electron chi connectivity index (χ1n) is 11.1. The van der Waals surface area contributed by atoms with Gasteiger partial charge in [0.1, 0.15) is 17.3 Å². The van der Waals surface area contributed by atoms with Crippen LogP contribution in [0.25, 0.3) is 0 Å². The van der Waals surface area contributed by atoms with Gasteiger partial charge in [-0.15, -0.1) is 0 Å². The molecule has 6 heteroatoms. The topological polar surface area (TPSA) is 81.7 Å². The van der Waals surface area contributed by atoms with E-state index in [9.17, 15) is 14.4 Å². The Kier molecular flexibility index (Phi) is 12.2. The first-order valence-corrected chi connectivity index (χ1v) is 11.1. The van der Waals surface area contributed by atoms with E-state index in [-0.39, 0.29) is 34.7 Å². The van der Waals surface area contributed by atoms with Gasteiger partial charge in [-0.25, -0.2) is 0 Å². The number of nitrogens with one attached hydrogen (secondary N) is 1. The third-order valence-corrected chi connectivity index (χ3v) is 4.62. The number of Topliss-reactive ketones (excluding diaryl/α,β-unsaturated/α-hetero) is 3. The first-order chi connectivity index (χ1) is 13.5.